The number of para-hydroxylation sites is 1. The molecule has 1 N–H and O–H groups in total. The Kier molecular flexibility index (Phi) is 10.2. The lowest BCUT2D eigenvalue weighted by Crippen LogP contribution is -2.49. The highest BCUT2D eigenvalue weighted by Gasteiger charge is 2.31. The molecule has 3 rings (SSSR count). The van der Waals surface area contributed by atoms with Crippen molar-refractivity contribution in [2.24, 2.45) is 11.3 Å². The van der Waals surface area contributed by atoms with Crippen molar-refractivity contribution in [1.29, 1.82) is 0 Å². The van der Waals surface area contributed by atoms with Crippen LogP contribution in [-0.4, -0.2) is 50.1 Å². The number of amides is 1. The Morgan fingerprint density at radius 2 is 1.68 bits per heavy atom. The average Bonchev–Trinajstić information content (AvgIpc) is 2.74. The first-order valence-corrected chi connectivity index (χ1v) is 12.2. The van der Waals surface area contributed by atoms with Gasteiger partial charge in [0.1, 0.15) is 0 Å². The Hall–Kier alpha value is -1.26. The second kappa shape index (κ2) is 12.1. The van der Waals surface area contributed by atoms with Crippen molar-refractivity contribution in [2.45, 2.75) is 72.1 Å². The van der Waals surface area contributed by atoms with Gasteiger partial charge in [-0.3, -0.25) is 9.69 Å². The Morgan fingerprint density at radius 3 is 2.29 bits per heavy atom. The molecule has 1 saturated carbocycles. The Labute approximate surface area is 196 Å². The largest absolute Gasteiger partial charge is 0.369 e. The van der Waals surface area contributed by atoms with E-state index >= 15 is 0 Å². The van der Waals surface area contributed by atoms with Gasteiger partial charge in [-0.25, -0.2) is 0 Å². The number of nitrogens with zero attached hydrogens (tertiary/aromatic N) is 2. The van der Waals surface area contributed by atoms with E-state index in [1.807, 2.05) is 0 Å². The first kappa shape index (κ1) is 26.0. The summed E-state index contributed by atoms with van der Waals surface area (Å²) in [5.41, 5.74) is 3.42. The topological polar surface area (TPSA) is 35.6 Å². The monoisotopic (exact) mass is 449 g/mol. The fourth-order valence-electron chi connectivity index (χ4n) is 5.20. The zero-order valence-corrected chi connectivity index (χ0v) is 21.0. The molecule has 0 spiro atoms. The lowest BCUT2D eigenvalue weighted by molar-refractivity contribution is -0.122. The third-order valence-corrected chi connectivity index (χ3v) is 7.26. The standard InChI is InChI=1S/C26H43N3O.ClH/c1-5-6-15-27-25(30)20-28-16-18-29(19-17-28)24-10-8-7-9-23(24)21-11-13-22(14-12-21)26(2,3)4;/h7-10,21-22H,5-6,11-20H2,1-4H3,(H,27,30);1H. The number of anilines is 1. The molecule has 1 aromatic carbocycles. The molecular weight excluding hydrogens is 406 g/mol. The van der Waals surface area contributed by atoms with Gasteiger partial charge in [0.2, 0.25) is 5.91 Å². The van der Waals surface area contributed by atoms with Crippen LogP contribution in [0.1, 0.15) is 77.7 Å². The molecule has 1 aliphatic carbocycles. The molecule has 176 valence electrons. The predicted molar refractivity (Wildman–Crippen MR) is 134 cm³/mol. The number of rotatable bonds is 7. The highest BCUT2D eigenvalue weighted by Crippen LogP contribution is 2.45. The lowest BCUT2D eigenvalue weighted by Gasteiger charge is -2.40. The number of piperazine rings is 1. The molecule has 1 aromatic rings. The summed E-state index contributed by atoms with van der Waals surface area (Å²) in [7, 11) is 0. The van der Waals surface area contributed by atoms with Gasteiger partial charge >= 0.3 is 0 Å². The Morgan fingerprint density at radius 1 is 1.03 bits per heavy atom. The zero-order chi connectivity index (χ0) is 21.6. The van der Waals surface area contributed by atoms with Gasteiger partial charge in [-0.2, -0.15) is 0 Å². The van der Waals surface area contributed by atoms with Gasteiger partial charge in [-0.15, -0.1) is 12.4 Å². The van der Waals surface area contributed by atoms with E-state index in [1.165, 1.54) is 31.4 Å². The van der Waals surface area contributed by atoms with Gasteiger partial charge in [0.05, 0.1) is 6.54 Å². The number of hydrogen-bond acceptors (Lipinski definition) is 3. The van der Waals surface area contributed by atoms with Crippen molar-refractivity contribution in [2.75, 3.05) is 44.2 Å². The van der Waals surface area contributed by atoms with Crippen LogP contribution in [0, 0.1) is 11.3 Å². The highest BCUT2D eigenvalue weighted by molar-refractivity contribution is 5.85. The van der Waals surface area contributed by atoms with Crippen LogP contribution < -0.4 is 10.2 Å². The number of halogens is 1. The van der Waals surface area contributed by atoms with E-state index in [-0.39, 0.29) is 18.3 Å². The van der Waals surface area contributed by atoms with E-state index in [4.69, 9.17) is 0 Å². The van der Waals surface area contributed by atoms with Gasteiger partial charge in [-0.1, -0.05) is 52.3 Å². The third-order valence-electron chi connectivity index (χ3n) is 7.26. The van der Waals surface area contributed by atoms with Gasteiger partial charge in [0.15, 0.2) is 0 Å². The maximum Gasteiger partial charge on any atom is 0.234 e. The molecule has 5 heteroatoms. The van der Waals surface area contributed by atoms with Crippen LogP contribution in [0.25, 0.3) is 0 Å². The van der Waals surface area contributed by atoms with E-state index in [1.54, 1.807) is 5.56 Å². The molecule has 31 heavy (non-hydrogen) atoms. The molecule has 0 radical (unpaired) electrons. The first-order valence-electron chi connectivity index (χ1n) is 12.2. The van der Waals surface area contributed by atoms with Crippen molar-refractivity contribution in [3.63, 3.8) is 0 Å². The maximum atomic E-state index is 12.1. The summed E-state index contributed by atoms with van der Waals surface area (Å²) in [5.74, 6) is 1.73. The van der Waals surface area contributed by atoms with E-state index in [0.29, 0.717) is 17.9 Å². The Bertz CT molecular complexity index is 671. The quantitative estimate of drug-likeness (QED) is 0.561. The minimum absolute atomic E-state index is 0. The number of unbranched alkanes of at least 4 members (excludes halogenated alkanes) is 1. The minimum atomic E-state index is 0. The molecular formula is C26H44ClN3O. The van der Waals surface area contributed by atoms with E-state index in [0.717, 1.165) is 51.5 Å². The molecule has 1 amide bonds. The molecule has 2 aliphatic rings. The molecule has 1 heterocycles. The average molecular weight is 450 g/mol. The second-order valence-electron chi connectivity index (χ2n) is 10.4. The van der Waals surface area contributed by atoms with Crippen LogP contribution >= 0.6 is 12.4 Å². The van der Waals surface area contributed by atoms with Crippen LogP contribution in [0.4, 0.5) is 5.69 Å². The van der Waals surface area contributed by atoms with Gasteiger partial charge in [0.25, 0.3) is 0 Å². The molecule has 0 atom stereocenters. The number of carbonyl (C=O) groups is 1. The number of nitrogens with one attached hydrogen (secondary N) is 1. The predicted octanol–water partition coefficient (Wildman–Crippen LogP) is 5.47. The van der Waals surface area contributed by atoms with Crippen LogP contribution in [0.2, 0.25) is 0 Å². The van der Waals surface area contributed by atoms with Crippen molar-refractivity contribution in [1.82, 2.24) is 10.2 Å². The molecule has 4 nitrogen and oxygen atoms in total. The number of hydrogen-bond donors (Lipinski definition) is 1. The zero-order valence-electron chi connectivity index (χ0n) is 20.2. The molecule has 0 bridgehead atoms. The van der Waals surface area contributed by atoms with E-state index < -0.39 is 0 Å². The van der Waals surface area contributed by atoms with Gasteiger partial charge in [-0.05, 0) is 61.0 Å². The summed E-state index contributed by atoms with van der Waals surface area (Å²) in [6, 6.07) is 9.09. The van der Waals surface area contributed by atoms with Gasteiger partial charge < -0.3 is 10.2 Å². The molecule has 0 aromatic heterocycles. The van der Waals surface area contributed by atoms with Crippen LogP contribution in [0.3, 0.4) is 0 Å². The third kappa shape index (κ3) is 7.39. The highest BCUT2D eigenvalue weighted by atomic mass is 35.5. The van der Waals surface area contributed by atoms with Gasteiger partial charge in [0, 0.05) is 38.4 Å². The maximum absolute atomic E-state index is 12.1. The SMILES string of the molecule is CCCCNC(=O)CN1CCN(c2ccccc2C2CCC(C(C)(C)C)CC2)CC1.Cl. The van der Waals surface area contributed by atoms with Crippen LogP contribution in [0.15, 0.2) is 24.3 Å². The molecule has 1 saturated heterocycles. The first-order chi connectivity index (χ1) is 14.4. The normalized spacial score (nSPS) is 22.6. The van der Waals surface area contributed by atoms with E-state index in [2.05, 4.69) is 67.1 Å². The van der Waals surface area contributed by atoms with Crippen molar-refractivity contribution in [3.8, 4) is 0 Å². The summed E-state index contributed by atoms with van der Waals surface area (Å²) in [5, 5.41) is 3.05. The Balaban J connectivity index is 0.00000341. The fraction of sp³-hybridized carbons (Fsp3) is 0.731. The fourth-order valence-corrected chi connectivity index (χ4v) is 5.20. The molecule has 0 unspecified atom stereocenters. The summed E-state index contributed by atoms with van der Waals surface area (Å²) in [4.78, 5) is 17.0. The number of carbonyl (C=O) groups excluding carboxylic acids is 1. The van der Waals surface area contributed by atoms with Crippen LogP contribution in [0.5, 0.6) is 0 Å². The van der Waals surface area contributed by atoms with Crippen molar-refractivity contribution >= 4 is 24.0 Å². The minimum Gasteiger partial charge on any atom is -0.369 e. The smallest absolute Gasteiger partial charge is 0.234 e. The van der Waals surface area contributed by atoms with Crippen molar-refractivity contribution in [3.05, 3.63) is 29.8 Å². The summed E-state index contributed by atoms with van der Waals surface area (Å²) in [6.07, 6.45) is 7.52. The summed E-state index contributed by atoms with van der Waals surface area (Å²) < 4.78 is 0. The lowest BCUT2D eigenvalue weighted by atomic mass is 9.68. The molecule has 2 fully saturated rings. The number of benzene rings is 1. The van der Waals surface area contributed by atoms with Crippen LogP contribution in [-0.2, 0) is 4.79 Å². The molecule has 1 aliphatic heterocycles. The summed E-state index contributed by atoms with van der Waals surface area (Å²) >= 11 is 0. The summed E-state index contributed by atoms with van der Waals surface area (Å²) in [6.45, 7) is 14.6. The second-order valence-corrected chi connectivity index (χ2v) is 10.4. The van der Waals surface area contributed by atoms with E-state index in [9.17, 15) is 4.79 Å². The van der Waals surface area contributed by atoms with Crippen molar-refractivity contribution < 1.29 is 4.79 Å².